The number of hydrogen-bond acceptors (Lipinski definition) is 8. The zero-order valence-corrected chi connectivity index (χ0v) is 21.8. The minimum Gasteiger partial charge on any atom is -0.436 e. The van der Waals surface area contributed by atoms with Gasteiger partial charge in [-0.2, -0.15) is 9.57 Å². The van der Waals surface area contributed by atoms with Gasteiger partial charge in [-0.15, -0.1) is 0 Å². The molecule has 0 amide bonds. The van der Waals surface area contributed by atoms with Crippen LogP contribution in [0.3, 0.4) is 0 Å². The van der Waals surface area contributed by atoms with Crippen molar-refractivity contribution in [2.45, 2.75) is 39.5 Å². The lowest BCUT2D eigenvalue weighted by molar-refractivity contribution is 0.444. The van der Waals surface area contributed by atoms with Crippen molar-refractivity contribution in [2.75, 3.05) is 31.1 Å². The summed E-state index contributed by atoms with van der Waals surface area (Å²) in [6.07, 6.45) is 0. The third kappa shape index (κ3) is 4.14. The number of fused-ring (bicyclic) bond motifs is 2. The number of aryl methyl sites for hydroxylation is 1. The van der Waals surface area contributed by atoms with E-state index in [2.05, 4.69) is 16.0 Å². The van der Waals surface area contributed by atoms with Gasteiger partial charge in [0.15, 0.2) is 5.58 Å². The molecule has 0 spiro atoms. The fourth-order valence-electron chi connectivity index (χ4n) is 4.43. The molecule has 188 valence electrons. The second-order valence-electron chi connectivity index (χ2n) is 8.30. The average molecular weight is 509 g/mol. The molecule has 2 heterocycles. The predicted molar refractivity (Wildman–Crippen MR) is 139 cm³/mol. The molecular weight excluding hydrogens is 480 g/mol. The van der Waals surface area contributed by atoms with E-state index in [-0.39, 0.29) is 27.5 Å². The normalized spacial score (nSPS) is 11.9. The molecule has 0 fully saturated rings. The molecule has 0 N–H and O–H groups in total. The first kappa shape index (κ1) is 25.4. The third-order valence-electron chi connectivity index (χ3n) is 6.35. The predicted octanol–water partition coefficient (Wildman–Crippen LogP) is 4.66. The molecule has 4 aromatic rings. The van der Waals surface area contributed by atoms with E-state index in [9.17, 15) is 18.5 Å². The number of benzene rings is 2. The average Bonchev–Trinajstić information content (AvgIpc) is 3.26. The second-order valence-corrected chi connectivity index (χ2v) is 10.2. The minimum atomic E-state index is -3.74. The monoisotopic (exact) mass is 508 g/mol. The zero-order valence-electron chi connectivity index (χ0n) is 21.0. The molecule has 0 unspecified atom stereocenters. The largest absolute Gasteiger partial charge is 0.436 e. The van der Waals surface area contributed by atoms with E-state index < -0.39 is 15.6 Å². The van der Waals surface area contributed by atoms with Crippen LogP contribution in [0.1, 0.15) is 38.8 Å². The highest BCUT2D eigenvalue weighted by atomic mass is 32.2. The van der Waals surface area contributed by atoms with Gasteiger partial charge in [-0.25, -0.2) is 18.2 Å². The molecule has 0 aliphatic rings. The van der Waals surface area contributed by atoms with Crippen molar-refractivity contribution in [1.82, 2.24) is 9.29 Å². The Kier molecular flexibility index (Phi) is 6.89. The molecular formula is C26H28N4O5S. The Hall–Kier alpha value is -3.68. The molecule has 36 heavy (non-hydrogen) atoms. The van der Waals surface area contributed by atoms with Crippen LogP contribution in [0.2, 0.25) is 0 Å². The van der Waals surface area contributed by atoms with Crippen LogP contribution in [0.4, 0.5) is 5.69 Å². The van der Waals surface area contributed by atoms with Crippen LogP contribution in [-0.4, -0.2) is 43.9 Å². The summed E-state index contributed by atoms with van der Waals surface area (Å²) in [6, 6.07) is 10.5. The Balaban J connectivity index is 1.90. The van der Waals surface area contributed by atoms with Crippen molar-refractivity contribution < 1.29 is 17.3 Å². The number of oxazole rings is 1. The summed E-state index contributed by atoms with van der Waals surface area (Å²) in [5.41, 5.74) is 1.49. The van der Waals surface area contributed by atoms with E-state index in [0.29, 0.717) is 35.1 Å². The maximum absolute atomic E-state index is 13.1. The van der Waals surface area contributed by atoms with Crippen LogP contribution in [-0.2, 0) is 10.0 Å². The highest BCUT2D eigenvalue weighted by Crippen LogP contribution is 2.33. The first-order valence-electron chi connectivity index (χ1n) is 11.9. The highest BCUT2D eigenvalue weighted by Gasteiger charge is 2.27. The van der Waals surface area contributed by atoms with Crippen molar-refractivity contribution in [3.8, 4) is 17.5 Å². The summed E-state index contributed by atoms with van der Waals surface area (Å²) in [5.74, 6) is -0.0955. The molecule has 0 saturated heterocycles. The van der Waals surface area contributed by atoms with E-state index in [4.69, 9.17) is 8.83 Å². The van der Waals surface area contributed by atoms with Gasteiger partial charge in [-0.3, -0.25) is 0 Å². The van der Waals surface area contributed by atoms with E-state index in [0.717, 1.165) is 18.8 Å². The lowest BCUT2D eigenvalue weighted by Gasteiger charge is -2.21. The minimum absolute atomic E-state index is 0.0895. The molecule has 0 radical (unpaired) electrons. The van der Waals surface area contributed by atoms with Crippen molar-refractivity contribution in [2.24, 2.45) is 0 Å². The van der Waals surface area contributed by atoms with Crippen molar-refractivity contribution >= 4 is 37.8 Å². The van der Waals surface area contributed by atoms with Crippen LogP contribution in [0, 0.1) is 18.3 Å². The number of nitrogens with zero attached hydrogens (tertiary/aromatic N) is 4. The standard InChI is InChI=1S/C26H28N4O5S/c1-6-29(7-2)17-10-11-18-19(15-27)24(26(31)35-21(18)13-17)25-28-20-12-16(5)23(14-22(20)34-25)36(32,33)30(8-3)9-4/h10-14H,6-9H2,1-5H3. The second kappa shape index (κ2) is 9.76. The summed E-state index contributed by atoms with van der Waals surface area (Å²) in [6.45, 7) is 11.5. The maximum Gasteiger partial charge on any atom is 0.350 e. The number of rotatable bonds is 8. The molecule has 9 nitrogen and oxygen atoms in total. The Morgan fingerprint density at radius 1 is 0.972 bits per heavy atom. The maximum atomic E-state index is 13.1. The third-order valence-corrected chi connectivity index (χ3v) is 8.55. The molecule has 10 heteroatoms. The molecule has 0 aliphatic heterocycles. The number of sulfonamides is 1. The van der Waals surface area contributed by atoms with Gasteiger partial charge in [0, 0.05) is 49.4 Å². The van der Waals surface area contributed by atoms with E-state index in [1.54, 1.807) is 39.0 Å². The van der Waals surface area contributed by atoms with Gasteiger partial charge in [-0.1, -0.05) is 13.8 Å². The van der Waals surface area contributed by atoms with Gasteiger partial charge >= 0.3 is 5.63 Å². The number of anilines is 1. The quantitative estimate of drug-likeness (QED) is 0.315. The first-order valence-corrected chi connectivity index (χ1v) is 13.3. The number of nitriles is 1. The Labute approximate surface area is 209 Å². The van der Waals surface area contributed by atoms with E-state index in [1.807, 2.05) is 19.9 Å². The van der Waals surface area contributed by atoms with Crippen molar-refractivity contribution in [1.29, 1.82) is 5.26 Å². The van der Waals surface area contributed by atoms with Gasteiger partial charge in [0.1, 0.15) is 22.7 Å². The fourth-order valence-corrected chi connectivity index (χ4v) is 6.11. The number of aromatic nitrogens is 1. The summed E-state index contributed by atoms with van der Waals surface area (Å²) in [7, 11) is -3.74. The molecule has 0 bridgehead atoms. The van der Waals surface area contributed by atoms with Gasteiger partial charge in [0.25, 0.3) is 0 Å². The molecule has 0 saturated carbocycles. The van der Waals surface area contributed by atoms with Crippen LogP contribution >= 0.6 is 0 Å². The van der Waals surface area contributed by atoms with Crippen molar-refractivity contribution in [3.63, 3.8) is 0 Å². The Bertz CT molecular complexity index is 1660. The summed E-state index contributed by atoms with van der Waals surface area (Å²) in [5, 5.41) is 10.4. The van der Waals surface area contributed by atoms with E-state index >= 15 is 0 Å². The zero-order chi connectivity index (χ0) is 26.2. The van der Waals surface area contributed by atoms with Crippen LogP contribution < -0.4 is 10.5 Å². The van der Waals surface area contributed by atoms with Gasteiger partial charge in [0.2, 0.25) is 15.9 Å². The molecule has 0 atom stereocenters. The molecule has 4 rings (SSSR count). The molecule has 2 aromatic heterocycles. The van der Waals surface area contributed by atoms with Crippen LogP contribution in [0.5, 0.6) is 0 Å². The van der Waals surface area contributed by atoms with Gasteiger partial charge in [-0.05, 0) is 44.5 Å². The molecule has 0 aliphatic carbocycles. The smallest absolute Gasteiger partial charge is 0.350 e. The van der Waals surface area contributed by atoms with Gasteiger partial charge < -0.3 is 13.7 Å². The Morgan fingerprint density at radius 2 is 1.67 bits per heavy atom. The summed E-state index contributed by atoms with van der Waals surface area (Å²) < 4.78 is 39.0. The van der Waals surface area contributed by atoms with E-state index in [1.165, 1.54) is 10.4 Å². The highest BCUT2D eigenvalue weighted by molar-refractivity contribution is 7.89. The topological polar surface area (TPSA) is 121 Å². The fraction of sp³-hybridized carbons (Fsp3) is 0.346. The van der Waals surface area contributed by atoms with Crippen LogP contribution in [0.25, 0.3) is 33.5 Å². The number of hydrogen-bond donors (Lipinski definition) is 0. The Morgan fingerprint density at radius 3 is 2.28 bits per heavy atom. The summed E-state index contributed by atoms with van der Waals surface area (Å²) >= 11 is 0. The lowest BCUT2D eigenvalue weighted by Crippen LogP contribution is -2.31. The van der Waals surface area contributed by atoms with Gasteiger partial charge in [0.05, 0.1) is 10.5 Å². The molecule has 2 aromatic carbocycles. The first-order chi connectivity index (χ1) is 17.2. The SMILES string of the molecule is CCN(CC)c1ccc2c(C#N)c(-c3nc4cc(C)c(S(=O)(=O)N(CC)CC)cc4o3)c(=O)oc2c1. The lowest BCUT2D eigenvalue weighted by atomic mass is 10.0. The van der Waals surface area contributed by atoms with Crippen molar-refractivity contribution in [3.05, 3.63) is 51.9 Å². The van der Waals surface area contributed by atoms with Crippen LogP contribution in [0.15, 0.2) is 48.9 Å². The summed E-state index contributed by atoms with van der Waals surface area (Å²) in [4.78, 5) is 19.7.